The number of rotatable bonds is 1. The number of hydrogen-bond donors (Lipinski definition) is 0. The van der Waals surface area contributed by atoms with Gasteiger partial charge in [0.1, 0.15) is 6.61 Å². The van der Waals surface area contributed by atoms with Crippen molar-refractivity contribution in [1.82, 2.24) is 0 Å². The zero-order valence-corrected chi connectivity index (χ0v) is 13.9. The minimum Gasteiger partial charge on any atom is -0.457 e. The molecule has 1 aliphatic heterocycles. The number of fused-ring (bicyclic) bond motifs is 2. The normalized spacial score (nSPS) is 14.3. The van der Waals surface area contributed by atoms with Gasteiger partial charge in [-0.25, -0.2) is 4.79 Å². The van der Waals surface area contributed by atoms with Crippen LogP contribution in [0.4, 0.5) is 26.3 Å². The maximum Gasteiger partial charge on any atom is 0.416 e. The van der Waals surface area contributed by atoms with Crippen LogP contribution < -0.4 is 0 Å². The molecule has 0 saturated carbocycles. The lowest BCUT2D eigenvalue weighted by atomic mass is 9.89. The molecule has 0 spiro atoms. The quantitative estimate of drug-likeness (QED) is 0.361. The van der Waals surface area contributed by atoms with E-state index in [0.29, 0.717) is 28.5 Å². The highest BCUT2D eigenvalue weighted by Crippen LogP contribution is 2.43. The number of esters is 1. The summed E-state index contributed by atoms with van der Waals surface area (Å²) >= 11 is 0. The molecule has 0 saturated heterocycles. The van der Waals surface area contributed by atoms with Gasteiger partial charge in [0, 0.05) is 11.1 Å². The Kier molecular flexibility index (Phi) is 3.92. The van der Waals surface area contributed by atoms with Crippen LogP contribution in [0.2, 0.25) is 0 Å². The minimum atomic E-state index is -4.98. The summed E-state index contributed by atoms with van der Waals surface area (Å²) in [6, 6.07) is 9.46. The molecule has 0 aliphatic carbocycles. The number of carbonyl (C=O) groups excluding carboxylic acids is 1. The highest BCUT2D eigenvalue weighted by atomic mass is 19.4. The monoisotopic (exact) mass is 396 g/mol. The van der Waals surface area contributed by atoms with Crippen LogP contribution in [0, 0.1) is 0 Å². The van der Waals surface area contributed by atoms with Crippen molar-refractivity contribution < 1.29 is 35.9 Å². The summed E-state index contributed by atoms with van der Waals surface area (Å²) in [6.07, 6.45) is -9.96. The molecule has 2 nitrogen and oxygen atoms in total. The molecule has 0 aromatic heterocycles. The number of alkyl halides is 6. The Morgan fingerprint density at radius 2 is 1.39 bits per heavy atom. The second-order valence-electron chi connectivity index (χ2n) is 6.38. The van der Waals surface area contributed by atoms with Crippen molar-refractivity contribution in [3.8, 4) is 11.1 Å². The summed E-state index contributed by atoms with van der Waals surface area (Å²) in [5, 5.41) is 0.952. The highest BCUT2D eigenvalue weighted by molar-refractivity contribution is 6.10. The summed E-state index contributed by atoms with van der Waals surface area (Å²) in [7, 11) is 0. The molecule has 3 aromatic carbocycles. The van der Waals surface area contributed by atoms with Gasteiger partial charge in [-0.1, -0.05) is 24.3 Å². The lowest BCUT2D eigenvalue weighted by Gasteiger charge is -2.17. The number of cyclic esters (lactones) is 1. The summed E-state index contributed by atoms with van der Waals surface area (Å²) in [5.74, 6) is -0.776. The van der Waals surface area contributed by atoms with Crippen LogP contribution in [0.1, 0.15) is 27.0 Å². The number of halogens is 6. The van der Waals surface area contributed by atoms with E-state index >= 15 is 0 Å². The van der Waals surface area contributed by atoms with Crippen molar-refractivity contribution in [2.24, 2.45) is 0 Å². The average Bonchev–Trinajstić information content (AvgIpc) is 2.98. The van der Waals surface area contributed by atoms with E-state index in [-0.39, 0.29) is 29.4 Å². The molecule has 0 N–H and O–H groups in total. The smallest absolute Gasteiger partial charge is 0.416 e. The van der Waals surface area contributed by atoms with Gasteiger partial charge in [0.2, 0.25) is 0 Å². The minimum absolute atomic E-state index is 0.00667. The van der Waals surface area contributed by atoms with E-state index in [2.05, 4.69) is 0 Å². The molecule has 4 rings (SSSR count). The molecule has 0 atom stereocenters. The largest absolute Gasteiger partial charge is 0.457 e. The van der Waals surface area contributed by atoms with Crippen LogP contribution in [0.5, 0.6) is 0 Å². The molecule has 8 heteroatoms. The van der Waals surface area contributed by atoms with E-state index in [1.54, 1.807) is 30.3 Å². The van der Waals surface area contributed by atoms with Crippen molar-refractivity contribution in [3.05, 3.63) is 70.8 Å². The lowest BCUT2D eigenvalue weighted by molar-refractivity contribution is -0.143. The third-order valence-electron chi connectivity index (χ3n) is 4.57. The van der Waals surface area contributed by atoms with E-state index in [4.69, 9.17) is 4.74 Å². The van der Waals surface area contributed by atoms with Crippen LogP contribution in [0.3, 0.4) is 0 Å². The van der Waals surface area contributed by atoms with Gasteiger partial charge in [0.05, 0.1) is 16.7 Å². The van der Waals surface area contributed by atoms with E-state index in [1.807, 2.05) is 0 Å². The first-order valence-electron chi connectivity index (χ1n) is 8.07. The molecule has 3 aromatic rings. The van der Waals surface area contributed by atoms with E-state index in [1.165, 1.54) is 0 Å². The van der Waals surface area contributed by atoms with Crippen molar-refractivity contribution in [2.45, 2.75) is 19.0 Å². The number of carbonyl (C=O) groups is 1. The fraction of sp³-hybridized carbons (Fsp3) is 0.150. The molecule has 0 radical (unpaired) electrons. The van der Waals surface area contributed by atoms with Crippen molar-refractivity contribution in [1.29, 1.82) is 0 Å². The topological polar surface area (TPSA) is 26.3 Å². The molecule has 0 fully saturated rings. The standard InChI is InChI=1S/C20H10F6O2/c21-19(22,23)13-6-11(7-14(8-13)20(24,25)26)16-15-4-2-1-3-10(15)5-12-9-28-18(27)17(12)16/h1-8H,9H2. The zero-order valence-electron chi connectivity index (χ0n) is 13.9. The second-order valence-corrected chi connectivity index (χ2v) is 6.38. The van der Waals surface area contributed by atoms with Crippen molar-refractivity contribution in [2.75, 3.05) is 0 Å². The molecule has 0 unspecified atom stereocenters. The van der Waals surface area contributed by atoms with Gasteiger partial charge in [0.15, 0.2) is 0 Å². The first kappa shape index (κ1) is 18.3. The summed E-state index contributed by atoms with van der Waals surface area (Å²) in [5.41, 5.74) is -2.80. The maximum atomic E-state index is 13.3. The molecular formula is C20H10F6O2. The van der Waals surface area contributed by atoms with Gasteiger partial charge in [-0.2, -0.15) is 26.3 Å². The third kappa shape index (κ3) is 2.98. The Balaban J connectivity index is 2.11. The lowest BCUT2D eigenvalue weighted by Crippen LogP contribution is -2.11. The number of hydrogen-bond acceptors (Lipinski definition) is 2. The molecule has 28 heavy (non-hydrogen) atoms. The SMILES string of the molecule is O=C1OCc2cc3ccccc3c(-c3cc(C(F)(F)F)cc(C(F)(F)F)c3)c21. The van der Waals surface area contributed by atoms with Crippen LogP contribution in [-0.2, 0) is 23.7 Å². The Hall–Kier alpha value is -3.03. The van der Waals surface area contributed by atoms with Gasteiger partial charge in [-0.05, 0) is 40.6 Å². The van der Waals surface area contributed by atoms with E-state index < -0.39 is 29.4 Å². The van der Waals surface area contributed by atoms with Crippen LogP contribution >= 0.6 is 0 Å². The molecule has 1 aliphatic rings. The van der Waals surface area contributed by atoms with Gasteiger partial charge in [-0.15, -0.1) is 0 Å². The summed E-state index contributed by atoms with van der Waals surface area (Å²) < 4.78 is 84.5. The molecule has 0 bridgehead atoms. The Morgan fingerprint density at radius 1 is 0.786 bits per heavy atom. The van der Waals surface area contributed by atoms with E-state index in [0.717, 1.165) is 0 Å². The van der Waals surface area contributed by atoms with Crippen molar-refractivity contribution >= 4 is 16.7 Å². The average molecular weight is 396 g/mol. The Morgan fingerprint density at radius 3 is 2.00 bits per heavy atom. The molecule has 1 heterocycles. The number of ether oxygens (including phenoxy) is 1. The maximum absolute atomic E-state index is 13.3. The number of benzene rings is 3. The van der Waals surface area contributed by atoms with E-state index in [9.17, 15) is 31.1 Å². The Labute approximate surface area is 154 Å². The van der Waals surface area contributed by atoms with Crippen LogP contribution in [0.25, 0.3) is 21.9 Å². The first-order valence-corrected chi connectivity index (χ1v) is 8.07. The summed E-state index contributed by atoms with van der Waals surface area (Å²) in [6.45, 7) is -0.0862. The van der Waals surface area contributed by atoms with Crippen LogP contribution in [-0.4, -0.2) is 5.97 Å². The Bertz CT molecular complexity index is 1080. The van der Waals surface area contributed by atoms with Crippen molar-refractivity contribution in [3.63, 3.8) is 0 Å². The highest BCUT2D eigenvalue weighted by Gasteiger charge is 2.38. The van der Waals surface area contributed by atoms with Gasteiger partial charge in [-0.3, -0.25) is 0 Å². The first-order chi connectivity index (χ1) is 13.1. The molecule has 144 valence electrons. The van der Waals surface area contributed by atoms with Gasteiger partial charge in [0.25, 0.3) is 0 Å². The second kappa shape index (κ2) is 5.98. The van der Waals surface area contributed by atoms with Gasteiger partial charge < -0.3 is 4.74 Å². The van der Waals surface area contributed by atoms with Gasteiger partial charge >= 0.3 is 18.3 Å². The predicted molar refractivity (Wildman–Crippen MR) is 88.5 cm³/mol. The fourth-order valence-electron chi connectivity index (χ4n) is 3.37. The molecule has 0 amide bonds. The summed E-state index contributed by atoms with van der Waals surface area (Å²) in [4.78, 5) is 12.2. The third-order valence-corrected chi connectivity index (χ3v) is 4.57. The van der Waals surface area contributed by atoms with Crippen LogP contribution in [0.15, 0.2) is 48.5 Å². The zero-order chi connectivity index (χ0) is 20.3. The predicted octanol–water partition coefficient (Wildman–Crippen LogP) is 6.21. The molecular weight excluding hydrogens is 386 g/mol. The fourth-order valence-corrected chi connectivity index (χ4v) is 3.37.